The van der Waals surface area contributed by atoms with E-state index < -0.39 is 4.92 Å². The van der Waals surface area contributed by atoms with Gasteiger partial charge in [0.15, 0.2) is 0 Å². The van der Waals surface area contributed by atoms with Crippen LogP contribution in [0.1, 0.15) is 6.92 Å². The fraction of sp³-hybridized carbons (Fsp3) is 0.188. The molecule has 3 heterocycles. The number of pyridine rings is 1. The number of aromatic nitrogens is 3. The van der Waals surface area contributed by atoms with Gasteiger partial charge in [0.1, 0.15) is 17.3 Å². The first-order chi connectivity index (χ1) is 12.5. The molecule has 0 radical (unpaired) electrons. The van der Waals surface area contributed by atoms with Crippen molar-refractivity contribution in [2.24, 2.45) is 4.99 Å². The Morgan fingerprint density at radius 3 is 2.96 bits per heavy atom. The first kappa shape index (κ1) is 15.8. The van der Waals surface area contributed by atoms with E-state index in [9.17, 15) is 10.1 Å². The van der Waals surface area contributed by atoms with Gasteiger partial charge in [-0.3, -0.25) is 20.2 Å². The number of H-pyrrole nitrogens is 1. The zero-order valence-electron chi connectivity index (χ0n) is 13.9. The summed E-state index contributed by atoms with van der Waals surface area (Å²) in [5.41, 5.74) is 7.27. The Morgan fingerprint density at radius 2 is 2.23 bits per heavy atom. The number of anilines is 4. The van der Waals surface area contributed by atoms with Gasteiger partial charge >= 0.3 is 5.69 Å². The van der Waals surface area contributed by atoms with E-state index in [-0.39, 0.29) is 17.2 Å². The number of benzene rings is 1. The molecule has 0 atom stereocenters. The van der Waals surface area contributed by atoms with Crippen LogP contribution in [0.5, 0.6) is 0 Å². The third kappa shape index (κ3) is 2.66. The highest BCUT2D eigenvalue weighted by Gasteiger charge is 2.25. The highest BCUT2D eigenvalue weighted by molar-refractivity contribution is 5.98. The highest BCUT2D eigenvalue weighted by Crippen LogP contribution is 2.35. The number of nitrogens with one attached hydrogen (secondary N) is 2. The van der Waals surface area contributed by atoms with Crippen LogP contribution in [0.3, 0.4) is 0 Å². The molecule has 3 aromatic rings. The van der Waals surface area contributed by atoms with Crippen LogP contribution in [0, 0.1) is 10.1 Å². The third-order valence-corrected chi connectivity index (χ3v) is 4.23. The molecule has 10 heteroatoms. The van der Waals surface area contributed by atoms with E-state index in [1.807, 2.05) is 24.0 Å². The summed E-state index contributed by atoms with van der Waals surface area (Å²) in [6, 6.07) is 6.96. The van der Waals surface area contributed by atoms with Gasteiger partial charge in [0.2, 0.25) is 5.82 Å². The minimum absolute atomic E-state index is 0.0478. The van der Waals surface area contributed by atoms with Crippen molar-refractivity contribution in [1.29, 1.82) is 0 Å². The number of aromatic amines is 1. The zero-order valence-corrected chi connectivity index (χ0v) is 13.9. The number of fused-ring (bicyclic) bond motifs is 1. The maximum absolute atomic E-state index is 11.5. The number of nitrogen functional groups attached to an aromatic ring is 1. The lowest BCUT2D eigenvalue weighted by Gasteiger charge is -2.19. The normalized spacial score (nSPS) is 13.9. The van der Waals surface area contributed by atoms with Crippen molar-refractivity contribution in [1.82, 2.24) is 15.2 Å². The summed E-state index contributed by atoms with van der Waals surface area (Å²) in [5, 5.41) is 22.2. The van der Waals surface area contributed by atoms with Crippen molar-refractivity contribution in [2.75, 3.05) is 29.0 Å². The number of nitrogens with zero attached hydrogens (tertiary/aromatic N) is 5. The minimum Gasteiger partial charge on any atom is -0.393 e. The molecule has 1 aliphatic heterocycles. The lowest BCUT2D eigenvalue weighted by Crippen LogP contribution is -2.26. The van der Waals surface area contributed by atoms with Gasteiger partial charge in [0, 0.05) is 23.7 Å². The van der Waals surface area contributed by atoms with Crippen LogP contribution in [-0.4, -0.2) is 39.0 Å². The Morgan fingerprint density at radius 1 is 1.38 bits per heavy atom. The standard InChI is InChI=1S/C16H16N8O2/c1-9-18-4-5-23(9)14-7-12(17)15(24(25)26)16(21-14)20-11-2-3-13-10(6-11)8-19-22-13/h2-3,6-8H,4-5H2,1H3,(H,19,22)(H3,17,20,21). The summed E-state index contributed by atoms with van der Waals surface area (Å²) in [6.07, 6.45) is 1.68. The van der Waals surface area contributed by atoms with Gasteiger partial charge < -0.3 is 16.0 Å². The molecule has 4 N–H and O–H groups in total. The molecule has 26 heavy (non-hydrogen) atoms. The van der Waals surface area contributed by atoms with Gasteiger partial charge in [0.05, 0.1) is 23.2 Å². The SMILES string of the molecule is CC1=NCCN1c1cc(N)c([N+](=O)[O-])c(Nc2ccc3[nH]ncc3c2)n1. The maximum Gasteiger partial charge on any atom is 0.334 e. The van der Waals surface area contributed by atoms with Crippen LogP contribution in [-0.2, 0) is 0 Å². The molecule has 0 unspecified atom stereocenters. The molecule has 1 aromatic carbocycles. The van der Waals surface area contributed by atoms with Crippen LogP contribution in [0.4, 0.5) is 28.7 Å². The number of hydrogen-bond donors (Lipinski definition) is 3. The molecule has 0 saturated carbocycles. The Balaban J connectivity index is 1.78. The fourth-order valence-corrected chi connectivity index (χ4v) is 2.96. The monoisotopic (exact) mass is 352 g/mol. The van der Waals surface area contributed by atoms with Gasteiger partial charge in [-0.15, -0.1) is 0 Å². The average molecular weight is 352 g/mol. The number of rotatable bonds is 4. The Hall–Kier alpha value is -3.69. The molecule has 132 valence electrons. The molecule has 0 fully saturated rings. The molecule has 0 saturated heterocycles. The summed E-state index contributed by atoms with van der Waals surface area (Å²) in [6.45, 7) is 3.19. The average Bonchev–Trinajstić information content (AvgIpc) is 3.22. The second kappa shape index (κ2) is 5.99. The molecular formula is C16H16N8O2. The lowest BCUT2D eigenvalue weighted by atomic mass is 10.2. The van der Waals surface area contributed by atoms with Crippen LogP contribution < -0.4 is 16.0 Å². The van der Waals surface area contributed by atoms with Gasteiger partial charge in [-0.2, -0.15) is 5.10 Å². The van der Waals surface area contributed by atoms with E-state index in [4.69, 9.17) is 5.73 Å². The number of nitro groups is 1. The third-order valence-electron chi connectivity index (χ3n) is 4.23. The number of amidine groups is 1. The Kier molecular flexibility index (Phi) is 3.64. The zero-order chi connectivity index (χ0) is 18.3. The molecule has 1 aliphatic rings. The van der Waals surface area contributed by atoms with E-state index in [0.29, 0.717) is 24.6 Å². The van der Waals surface area contributed by atoms with E-state index in [1.54, 1.807) is 12.3 Å². The van der Waals surface area contributed by atoms with Crippen molar-refractivity contribution >= 4 is 45.4 Å². The quantitative estimate of drug-likeness (QED) is 0.484. The van der Waals surface area contributed by atoms with Crippen LogP contribution >= 0.6 is 0 Å². The largest absolute Gasteiger partial charge is 0.393 e. The predicted octanol–water partition coefficient (Wildman–Crippen LogP) is 2.43. The van der Waals surface area contributed by atoms with Crippen LogP contribution in [0.2, 0.25) is 0 Å². The molecule has 4 rings (SSSR count). The van der Waals surface area contributed by atoms with Crippen molar-refractivity contribution in [3.05, 3.63) is 40.6 Å². The highest BCUT2D eigenvalue weighted by atomic mass is 16.6. The summed E-state index contributed by atoms with van der Waals surface area (Å²) >= 11 is 0. The topological polar surface area (TPSA) is 138 Å². The Labute approximate surface area is 147 Å². The van der Waals surface area contributed by atoms with E-state index in [0.717, 1.165) is 16.7 Å². The van der Waals surface area contributed by atoms with E-state index in [1.165, 1.54) is 6.07 Å². The van der Waals surface area contributed by atoms with E-state index >= 15 is 0 Å². The van der Waals surface area contributed by atoms with Gasteiger partial charge in [-0.05, 0) is 25.1 Å². The first-order valence-electron chi connectivity index (χ1n) is 7.96. The smallest absolute Gasteiger partial charge is 0.334 e. The predicted molar refractivity (Wildman–Crippen MR) is 100 cm³/mol. The summed E-state index contributed by atoms with van der Waals surface area (Å²) in [4.78, 5) is 21.6. The molecule has 0 spiro atoms. The van der Waals surface area contributed by atoms with Crippen molar-refractivity contribution in [3.8, 4) is 0 Å². The fourth-order valence-electron chi connectivity index (χ4n) is 2.96. The van der Waals surface area contributed by atoms with E-state index in [2.05, 4.69) is 25.5 Å². The molecule has 10 nitrogen and oxygen atoms in total. The van der Waals surface area contributed by atoms with Gasteiger partial charge in [-0.25, -0.2) is 4.98 Å². The summed E-state index contributed by atoms with van der Waals surface area (Å²) in [7, 11) is 0. The second-order valence-corrected chi connectivity index (χ2v) is 5.90. The van der Waals surface area contributed by atoms with Gasteiger partial charge in [0.25, 0.3) is 0 Å². The number of nitrogens with two attached hydrogens (primary N) is 1. The molecule has 2 aromatic heterocycles. The first-order valence-corrected chi connectivity index (χ1v) is 7.96. The number of hydrogen-bond acceptors (Lipinski definition) is 8. The minimum atomic E-state index is -0.532. The molecular weight excluding hydrogens is 336 g/mol. The van der Waals surface area contributed by atoms with Gasteiger partial charge in [-0.1, -0.05) is 0 Å². The Bertz CT molecular complexity index is 1040. The maximum atomic E-state index is 11.5. The van der Waals surface area contributed by atoms with Crippen molar-refractivity contribution < 1.29 is 4.92 Å². The molecule has 0 bridgehead atoms. The lowest BCUT2D eigenvalue weighted by molar-refractivity contribution is -0.383. The summed E-state index contributed by atoms with van der Waals surface area (Å²) < 4.78 is 0. The molecule has 0 aliphatic carbocycles. The van der Waals surface area contributed by atoms with Crippen LogP contribution in [0.15, 0.2) is 35.5 Å². The van der Waals surface area contributed by atoms with Crippen molar-refractivity contribution in [3.63, 3.8) is 0 Å². The second-order valence-electron chi connectivity index (χ2n) is 5.90. The number of aliphatic imine (C=N–C) groups is 1. The molecule has 0 amide bonds. The van der Waals surface area contributed by atoms with Crippen molar-refractivity contribution in [2.45, 2.75) is 6.92 Å². The summed E-state index contributed by atoms with van der Waals surface area (Å²) in [5.74, 6) is 1.42. The van der Waals surface area contributed by atoms with Crippen LogP contribution in [0.25, 0.3) is 10.9 Å².